The van der Waals surface area contributed by atoms with Crippen molar-refractivity contribution in [1.82, 2.24) is 14.5 Å². The van der Waals surface area contributed by atoms with Gasteiger partial charge in [0.1, 0.15) is 23.7 Å². The molecule has 2 heterocycles. The molecule has 0 aliphatic heterocycles. The lowest BCUT2D eigenvalue weighted by atomic mass is 10.3. The number of aromatic nitrogens is 3. The lowest BCUT2D eigenvalue weighted by Crippen LogP contribution is -2.11. The lowest BCUT2D eigenvalue weighted by Gasteiger charge is -2.10. The third kappa shape index (κ3) is 3.16. The van der Waals surface area contributed by atoms with Crippen LogP contribution in [0, 0.1) is 0 Å². The fourth-order valence-electron chi connectivity index (χ4n) is 2.33. The number of rotatable bonds is 6. The highest BCUT2D eigenvalue weighted by Gasteiger charge is 2.10. The Kier molecular flexibility index (Phi) is 4.36. The minimum atomic E-state index is 0.552. The molecule has 0 atom stereocenters. The van der Waals surface area contributed by atoms with E-state index in [9.17, 15) is 0 Å². The highest BCUT2D eigenvalue weighted by atomic mass is 35.5. The topological polar surface area (TPSA) is 39.9 Å². The Hall–Kier alpha value is -2.07. The van der Waals surface area contributed by atoms with Crippen molar-refractivity contribution in [2.45, 2.75) is 13.0 Å². The smallest absolute Gasteiger partial charge is 0.119 e. The van der Waals surface area contributed by atoms with Gasteiger partial charge in [-0.2, -0.15) is 0 Å². The second kappa shape index (κ2) is 6.59. The van der Waals surface area contributed by atoms with Crippen molar-refractivity contribution >= 4 is 22.6 Å². The number of imidazole rings is 1. The molecule has 0 N–H and O–H groups in total. The fraction of sp³-hybridized carbons (Fsp3) is 0.250. The molecule has 0 saturated carbocycles. The van der Waals surface area contributed by atoms with E-state index < -0.39 is 0 Å². The summed E-state index contributed by atoms with van der Waals surface area (Å²) in [7, 11) is 0. The first-order valence-corrected chi connectivity index (χ1v) is 7.45. The maximum atomic E-state index is 5.87. The first-order chi connectivity index (χ1) is 10.4. The lowest BCUT2D eigenvalue weighted by molar-refractivity contribution is 0.298. The molecule has 0 aliphatic rings. The fourth-order valence-corrected chi connectivity index (χ4v) is 2.50. The highest BCUT2D eigenvalue weighted by molar-refractivity contribution is 6.17. The van der Waals surface area contributed by atoms with E-state index >= 15 is 0 Å². The Labute approximate surface area is 128 Å². The third-order valence-electron chi connectivity index (χ3n) is 3.27. The van der Waals surface area contributed by atoms with E-state index in [0.29, 0.717) is 12.5 Å². The molecule has 21 heavy (non-hydrogen) atoms. The van der Waals surface area contributed by atoms with E-state index in [-0.39, 0.29) is 0 Å². The van der Waals surface area contributed by atoms with Crippen LogP contribution in [0.3, 0.4) is 0 Å². The number of ether oxygens (including phenoxy) is 1. The predicted octanol–water partition coefficient (Wildman–Crippen LogP) is 3.29. The Morgan fingerprint density at radius 1 is 1.14 bits per heavy atom. The minimum Gasteiger partial charge on any atom is -0.492 e. The second-order valence-electron chi connectivity index (χ2n) is 4.64. The quantitative estimate of drug-likeness (QED) is 0.656. The number of hydrogen-bond acceptors (Lipinski definition) is 3. The average molecular weight is 302 g/mol. The largest absolute Gasteiger partial charge is 0.492 e. The molecule has 3 aromatic rings. The predicted molar refractivity (Wildman–Crippen MR) is 83.9 cm³/mol. The van der Waals surface area contributed by atoms with E-state index in [1.807, 2.05) is 36.4 Å². The zero-order valence-electron chi connectivity index (χ0n) is 11.6. The van der Waals surface area contributed by atoms with Crippen LogP contribution in [0.2, 0.25) is 0 Å². The van der Waals surface area contributed by atoms with E-state index in [1.54, 1.807) is 12.4 Å². The van der Waals surface area contributed by atoms with E-state index in [2.05, 4.69) is 14.5 Å². The standard InChI is InChI=1S/C16H16ClN3O/c17-8-6-16-19-14-12-18-9-7-15(14)20(16)10-11-21-13-4-2-1-3-5-13/h1-5,7,9,12H,6,8,10-11H2. The van der Waals surface area contributed by atoms with Gasteiger partial charge in [0.05, 0.1) is 18.3 Å². The van der Waals surface area contributed by atoms with Crippen molar-refractivity contribution < 1.29 is 4.74 Å². The molecule has 5 heteroatoms. The molecule has 0 saturated heterocycles. The van der Waals surface area contributed by atoms with Crippen molar-refractivity contribution in [2.24, 2.45) is 0 Å². The van der Waals surface area contributed by atoms with E-state index in [4.69, 9.17) is 16.3 Å². The van der Waals surface area contributed by atoms with Gasteiger partial charge in [0.15, 0.2) is 0 Å². The van der Waals surface area contributed by atoms with Crippen LogP contribution in [-0.4, -0.2) is 27.0 Å². The van der Waals surface area contributed by atoms with Gasteiger partial charge in [0, 0.05) is 18.5 Å². The summed E-state index contributed by atoms with van der Waals surface area (Å²) in [6.45, 7) is 1.33. The Morgan fingerprint density at radius 2 is 2.00 bits per heavy atom. The number of fused-ring (bicyclic) bond motifs is 1. The van der Waals surface area contributed by atoms with Crippen LogP contribution in [-0.2, 0) is 13.0 Å². The van der Waals surface area contributed by atoms with Crippen molar-refractivity contribution in [3.63, 3.8) is 0 Å². The van der Waals surface area contributed by atoms with E-state index in [0.717, 1.165) is 35.6 Å². The summed E-state index contributed by atoms with van der Waals surface area (Å²) in [6, 6.07) is 11.8. The number of halogens is 1. The summed E-state index contributed by atoms with van der Waals surface area (Å²) in [4.78, 5) is 8.70. The van der Waals surface area contributed by atoms with Gasteiger partial charge >= 0.3 is 0 Å². The van der Waals surface area contributed by atoms with Gasteiger partial charge in [-0.15, -0.1) is 11.6 Å². The van der Waals surface area contributed by atoms with Crippen molar-refractivity contribution in [1.29, 1.82) is 0 Å². The maximum absolute atomic E-state index is 5.87. The summed E-state index contributed by atoms with van der Waals surface area (Å²) in [6.07, 6.45) is 4.30. The van der Waals surface area contributed by atoms with Crippen LogP contribution in [0.5, 0.6) is 5.75 Å². The molecule has 0 fully saturated rings. The number of benzene rings is 1. The number of hydrogen-bond donors (Lipinski definition) is 0. The number of alkyl halides is 1. The number of aryl methyl sites for hydroxylation is 1. The maximum Gasteiger partial charge on any atom is 0.119 e. The molecule has 0 amide bonds. The zero-order chi connectivity index (χ0) is 14.5. The Balaban J connectivity index is 1.77. The molecular formula is C16H16ClN3O. The minimum absolute atomic E-state index is 0.552. The first-order valence-electron chi connectivity index (χ1n) is 6.91. The average Bonchev–Trinajstić information content (AvgIpc) is 2.87. The zero-order valence-corrected chi connectivity index (χ0v) is 12.3. The summed E-state index contributed by atoms with van der Waals surface area (Å²) < 4.78 is 7.92. The van der Waals surface area contributed by atoms with Crippen LogP contribution >= 0.6 is 11.6 Å². The summed E-state index contributed by atoms with van der Waals surface area (Å²) in [5.74, 6) is 2.41. The molecule has 3 rings (SSSR count). The first kappa shape index (κ1) is 13.9. The molecule has 0 aliphatic carbocycles. The number of nitrogens with zero attached hydrogens (tertiary/aromatic N) is 3. The van der Waals surface area contributed by atoms with Crippen LogP contribution < -0.4 is 4.74 Å². The highest BCUT2D eigenvalue weighted by Crippen LogP contribution is 2.16. The monoisotopic (exact) mass is 301 g/mol. The Bertz CT molecular complexity index is 712. The molecule has 2 aromatic heterocycles. The van der Waals surface area contributed by atoms with Gasteiger partial charge in [-0.3, -0.25) is 4.98 Å². The molecule has 108 valence electrons. The van der Waals surface area contributed by atoms with Gasteiger partial charge < -0.3 is 9.30 Å². The van der Waals surface area contributed by atoms with Crippen molar-refractivity contribution in [2.75, 3.05) is 12.5 Å². The van der Waals surface area contributed by atoms with Crippen molar-refractivity contribution in [3.05, 3.63) is 54.6 Å². The SMILES string of the molecule is ClCCc1nc2cnccc2n1CCOc1ccccc1. The van der Waals surface area contributed by atoms with Gasteiger partial charge in [-0.1, -0.05) is 18.2 Å². The molecule has 0 radical (unpaired) electrons. The van der Waals surface area contributed by atoms with E-state index in [1.165, 1.54) is 0 Å². The molecule has 0 spiro atoms. The van der Waals surface area contributed by atoms with Crippen LogP contribution in [0.1, 0.15) is 5.82 Å². The van der Waals surface area contributed by atoms with Gasteiger partial charge in [0.2, 0.25) is 0 Å². The van der Waals surface area contributed by atoms with Crippen molar-refractivity contribution in [3.8, 4) is 5.75 Å². The summed E-state index contributed by atoms with van der Waals surface area (Å²) >= 11 is 5.87. The van der Waals surface area contributed by atoms with Crippen LogP contribution in [0.15, 0.2) is 48.8 Å². The third-order valence-corrected chi connectivity index (χ3v) is 3.46. The van der Waals surface area contributed by atoms with Gasteiger partial charge in [-0.05, 0) is 18.2 Å². The molecule has 1 aromatic carbocycles. The summed E-state index contributed by atoms with van der Waals surface area (Å²) in [5.41, 5.74) is 1.97. The number of para-hydroxylation sites is 1. The van der Waals surface area contributed by atoms with Gasteiger partial charge in [0.25, 0.3) is 0 Å². The summed E-state index contributed by atoms with van der Waals surface area (Å²) in [5, 5.41) is 0. The molecule has 4 nitrogen and oxygen atoms in total. The second-order valence-corrected chi connectivity index (χ2v) is 5.02. The normalized spacial score (nSPS) is 10.9. The van der Waals surface area contributed by atoms with Crippen LogP contribution in [0.4, 0.5) is 0 Å². The molecular weight excluding hydrogens is 286 g/mol. The Morgan fingerprint density at radius 3 is 2.81 bits per heavy atom. The molecule has 0 unspecified atom stereocenters. The molecule has 0 bridgehead atoms. The van der Waals surface area contributed by atoms with Crippen LogP contribution in [0.25, 0.3) is 11.0 Å². The number of pyridine rings is 1. The van der Waals surface area contributed by atoms with Gasteiger partial charge in [-0.25, -0.2) is 4.98 Å².